The van der Waals surface area contributed by atoms with Gasteiger partial charge in [0.1, 0.15) is 0 Å². The molecule has 13 nitrogen and oxygen atoms in total. The summed E-state index contributed by atoms with van der Waals surface area (Å²) in [5.41, 5.74) is 28.4. The maximum absolute atomic E-state index is 11.6. The van der Waals surface area contributed by atoms with E-state index < -0.39 is 12.0 Å². The van der Waals surface area contributed by atoms with Gasteiger partial charge in [0.25, 0.3) is 11.4 Å². The number of hydrogen-bond donors (Lipinski definition) is 3. The van der Waals surface area contributed by atoms with Crippen LogP contribution in [0.1, 0.15) is 22.3 Å². The Hall–Kier alpha value is -14.2. The highest BCUT2D eigenvalue weighted by atomic mass is 127. The number of H-pyrrole nitrogens is 1. The van der Waals surface area contributed by atoms with Crippen molar-refractivity contribution in [2.75, 3.05) is 0 Å². The Balaban J connectivity index is 0.0000000985. The standard InChI is InChI=1S/C25H15N.C24H15ClN2O2.C24H15ClN2.C18H11BrClN.C13H9Br.C6H6BNO4.C6H4ClI/c1-2-8-17-15(7-1)13-16-14-20-18-9-3-5-11-21(18)26-22-12-6-4-10-19(22)24(23(16)17)25(20)26;25-19-11-3-6-14-22(19)26-20-12-4-2-9-18(20)24-17(10-7-15-23(24)26)16-8-1-5-13-21(16)27(28)29;25-17-9-3-6-12-21(17)27-20-11-5-2-8-16(20)24-22(27)14-13-19-23(24)15-7-1-4-10-18(15)26-19;19-13-7-5-11-17-18(13)12-6-1-3-9-15(12)21(17)16-10-4-2-8-14(16)20;14-12-7-3-5-10-8-9-4-1-2-6-11(9)13(10)12;9-7(10)5-3-1-2-4-6(5)8(11)12;7-5-3-1-2-4-6(5)8/h1-12,14H,13H2;1-15H;1-14,26H;1-11H;1-7H,8H2;1-4,9-10H;1-4H. The average Bonchev–Trinajstić information content (AvgIpc) is 1.52. The zero-order valence-corrected chi connectivity index (χ0v) is 81.0. The number of nitrogens with zero attached hydrogens (tertiary/aromatic N) is 6. The van der Waals surface area contributed by atoms with Gasteiger partial charge in [0.2, 0.25) is 0 Å². The highest BCUT2D eigenvalue weighted by Gasteiger charge is 2.30. The second-order valence-electron chi connectivity index (χ2n) is 33.2. The van der Waals surface area contributed by atoms with E-state index >= 15 is 0 Å². The molecule has 0 aliphatic heterocycles. The molecule has 27 rings (SSSR count). The van der Waals surface area contributed by atoms with Crippen molar-refractivity contribution < 1.29 is 19.9 Å². The van der Waals surface area contributed by atoms with E-state index in [1.54, 1.807) is 18.2 Å². The summed E-state index contributed by atoms with van der Waals surface area (Å²) < 4.78 is 12.5. The predicted molar refractivity (Wildman–Crippen MR) is 585 cm³/mol. The largest absolute Gasteiger partial charge is 0.495 e. The molecule has 6 heterocycles. The van der Waals surface area contributed by atoms with Crippen LogP contribution in [0.25, 0.3) is 176 Å². The van der Waals surface area contributed by atoms with Crippen molar-refractivity contribution in [1.29, 1.82) is 0 Å². The Labute approximate surface area is 836 Å². The minimum Gasteiger partial charge on any atom is -0.423 e. The Kier molecular flexibility index (Phi) is 24.9. The van der Waals surface area contributed by atoms with Crippen LogP contribution in [0.4, 0.5) is 11.4 Å². The average molecular weight is 2100 g/mol. The molecular formula is C116H75BBr2Cl4IN7O6. The molecule has 0 saturated heterocycles. The summed E-state index contributed by atoms with van der Waals surface area (Å²) >= 11 is 34.7. The summed E-state index contributed by atoms with van der Waals surface area (Å²) in [6.07, 6.45) is 2.11. The Morgan fingerprint density at radius 2 is 0.701 bits per heavy atom. The van der Waals surface area contributed by atoms with E-state index in [9.17, 15) is 20.2 Å². The lowest BCUT2D eigenvalue weighted by molar-refractivity contribution is -0.384. The summed E-state index contributed by atoms with van der Waals surface area (Å²) in [5.74, 6) is 0. The van der Waals surface area contributed by atoms with E-state index in [1.807, 2.05) is 133 Å². The van der Waals surface area contributed by atoms with E-state index in [4.69, 9.17) is 56.5 Å². The van der Waals surface area contributed by atoms with Crippen molar-refractivity contribution in [2.45, 2.75) is 12.8 Å². The molecule has 0 atom stereocenters. The number of nitro groups is 2. The number of fused-ring (bicyclic) bond motifs is 26. The minimum atomic E-state index is -1.80. The first-order chi connectivity index (χ1) is 67.0. The molecule has 2 aliphatic rings. The Bertz CT molecular complexity index is 9070. The number of nitrogens with one attached hydrogen (secondary N) is 1. The van der Waals surface area contributed by atoms with Gasteiger partial charge >= 0.3 is 7.12 Å². The fourth-order valence-electron chi connectivity index (χ4n) is 19.8. The first kappa shape index (κ1) is 89.4. The van der Waals surface area contributed by atoms with E-state index in [0.29, 0.717) is 10.6 Å². The van der Waals surface area contributed by atoms with Gasteiger partial charge in [-0.3, -0.25) is 20.2 Å². The van der Waals surface area contributed by atoms with E-state index in [0.717, 1.165) is 102 Å². The van der Waals surface area contributed by atoms with E-state index in [2.05, 4.69) is 314 Å². The topological polar surface area (TPSA) is 162 Å². The molecule has 6 aromatic heterocycles. The second-order valence-corrected chi connectivity index (χ2v) is 37.7. The van der Waals surface area contributed by atoms with Crippen molar-refractivity contribution in [1.82, 2.24) is 23.1 Å². The molecule has 21 heteroatoms. The van der Waals surface area contributed by atoms with Crippen molar-refractivity contribution in [3.63, 3.8) is 0 Å². The molecule has 0 spiro atoms. The highest BCUT2D eigenvalue weighted by Crippen LogP contribution is 2.51. The maximum Gasteiger partial charge on any atom is 0.495 e. The van der Waals surface area contributed by atoms with Crippen LogP contribution in [0.5, 0.6) is 0 Å². The van der Waals surface area contributed by atoms with Gasteiger partial charge in [0.05, 0.1) is 108 Å². The van der Waals surface area contributed by atoms with Crippen LogP contribution in [0.3, 0.4) is 0 Å². The highest BCUT2D eigenvalue weighted by molar-refractivity contribution is 14.1. The van der Waals surface area contributed by atoms with Crippen molar-refractivity contribution in [3.8, 4) is 50.4 Å². The number of rotatable bonds is 7. The quantitative estimate of drug-likeness (QED) is 0.0623. The van der Waals surface area contributed by atoms with Gasteiger partial charge in [-0.2, -0.15) is 0 Å². The zero-order chi connectivity index (χ0) is 93.8. The number of halogens is 7. The number of aromatic nitrogens is 5. The molecule has 25 aromatic rings. The van der Waals surface area contributed by atoms with Crippen molar-refractivity contribution >= 4 is 250 Å². The Morgan fingerprint density at radius 1 is 0.307 bits per heavy atom. The van der Waals surface area contributed by atoms with Crippen LogP contribution in [-0.4, -0.2) is 50.1 Å². The lowest BCUT2D eigenvalue weighted by Crippen LogP contribution is -2.31. The molecule has 0 bridgehead atoms. The molecular weight excluding hydrogens is 2030 g/mol. The molecule has 0 fully saturated rings. The van der Waals surface area contributed by atoms with E-state index in [1.165, 1.54) is 155 Å². The first-order valence-corrected chi connectivity index (χ1v) is 48.4. The summed E-state index contributed by atoms with van der Waals surface area (Å²) in [4.78, 5) is 24.5. The van der Waals surface area contributed by atoms with Gasteiger partial charge in [-0.25, -0.2) is 0 Å². The molecule has 0 unspecified atom stereocenters. The molecule has 19 aromatic carbocycles. The van der Waals surface area contributed by atoms with Gasteiger partial charge < -0.3 is 33.1 Å². The molecule has 2 aliphatic carbocycles. The summed E-state index contributed by atoms with van der Waals surface area (Å²) in [6, 6.07) is 138. The lowest BCUT2D eigenvalue weighted by atomic mass is 9.79. The van der Waals surface area contributed by atoms with Crippen LogP contribution >= 0.6 is 101 Å². The number of hydrogen-bond acceptors (Lipinski definition) is 6. The third-order valence-corrected chi connectivity index (χ3v) is 29.3. The van der Waals surface area contributed by atoms with Gasteiger partial charge in [-0.1, -0.05) is 345 Å². The second kappa shape index (κ2) is 38.2. The predicted octanol–water partition coefficient (Wildman–Crippen LogP) is 32.9. The smallest absolute Gasteiger partial charge is 0.423 e. The summed E-state index contributed by atoms with van der Waals surface area (Å²) in [7, 11) is -1.80. The molecule has 662 valence electrons. The zero-order valence-electron chi connectivity index (χ0n) is 72.6. The third kappa shape index (κ3) is 16.4. The number of para-hydroxylation sites is 11. The van der Waals surface area contributed by atoms with Gasteiger partial charge in [0, 0.05) is 100 Å². The fraction of sp³-hybridized carbons (Fsp3) is 0.0172. The number of nitro benzene ring substituents is 2. The number of aromatic amines is 1. The van der Waals surface area contributed by atoms with Crippen molar-refractivity contribution in [2.24, 2.45) is 0 Å². The van der Waals surface area contributed by atoms with Crippen molar-refractivity contribution in [3.05, 3.63) is 488 Å². The molecule has 137 heavy (non-hydrogen) atoms. The van der Waals surface area contributed by atoms with Crippen LogP contribution in [-0.2, 0) is 12.8 Å². The van der Waals surface area contributed by atoms with Crippen LogP contribution in [0.2, 0.25) is 20.1 Å². The molecule has 0 radical (unpaired) electrons. The number of benzene rings is 19. The molecule has 3 N–H and O–H groups in total. The SMILES string of the molecule is Brc1cccc2c1-c1ccccc1C2.Clc1ccccc1-n1c2ccccc2c2c(Br)cccc21.Clc1ccccc1-n1c2ccccc2c2c3c(ccc21)[nH]c1ccccc13.Clc1ccccc1I.O=[N+]([O-])c1ccccc1-c1cccc2c1c1ccccc1n2-c1ccccc1Cl.O=[N+]([O-])c1ccccc1B(O)O.c1ccc2c(c1)Cc1cc3c4ccccc4n4c5ccccc5c(c1-2)c34. The molecule has 0 amide bonds. The minimum absolute atomic E-state index is 0.0922. The van der Waals surface area contributed by atoms with Gasteiger partial charge in [-0.15, -0.1) is 0 Å². The van der Waals surface area contributed by atoms with Crippen LogP contribution in [0, 0.1) is 23.8 Å². The summed E-state index contributed by atoms with van der Waals surface area (Å²) in [5, 5.41) is 57.3. The Morgan fingerprint density at radius 3 is 1.26 bits per heavy atom. The van der Waals surface area contributed by atoms with Gasteiger partial charge in [0.15, 0.2) is 0 Å². The normalized spacial score (nSPS) is 11.6. The molecule has 0 saturated carbocycles. The third-order valence-electron chi connectivity index (χ3n) is 25.4. The van der Waals surface area contributed by atoms with Crippen LogP contribution in [0.15, 0.2) is 421 Å². The fourth-order valence-corrected chi connectivity index (χ4v) is 22.1. The van der Waals surface area contributed by atoms with Gasteiger partial charge in [-0.05, 0) is 219 Å². The monoisotopic (exact) mass is 2100 g/mol. The maximum atomic E-state index is 11.6. The van der Waals surface area contributed by atoms with Crippen LogP contribution < -0.4 is 5.46 Å². The summed E-state index contributed by atoms with van der Waals surface area (Å²) in [6.45, 7) is 0. The van der Waals surface area contributed by atoms with E-state index in [-0.39, 0.29) is 21.8 Å². The first-order valence-electron chi connectivity index (χ1n) is 44.2. The lowest BCUT2D eigenvalue weighted by Gasteiger charge is -2.10.